The molecule has 1 atom stereocenters. The fourth-order valence-electron chi connectivity index (χ4n) is 1.22. The van der Waals surface area contributed by atoms with Crippen LogP contribution in [0.4, 0.5) is 19.3 Å². The number of nitrogens with one attached hydrogen (secondary N) is 2. The summed E-state index contributed by atoms with van der Waals surface area (Å²) < 4.78 is 26.0. The van der Waals surface area contributed by atoms with Gasteiger partial charge in [-0.15, -0.1) is 0 Å². The van der Waals surface area contributed by atoms with Crippen molar-refractivity contribution in [2.45, 2.75) is 19.4 Å². The van der Waals surface area contributed by atoms with Crippen molar-refractivity contribution in [1.29, 1.82) is 0 Å². The number of rotatable bonds is 4. The molecule has 1 rings (SSSR count). The van der Waals surface area contributed by atoms with Crippen LogP contribution < -0.4 is 10.6 Å². The van der Waals surface area contributed by atoms with Gasteiger partial charge in [0.1, 0.15) is 0 Å². The summed E-state index contributed by atoms with van der Waals surface area (Å²) in [5, 5.41) is 13.5. The van der Waals surface area contributed by atoms with E-state index in [1.165, 1.54) is 12.1 Å². The molecule has 0 bridgehead atoms. The monoisotopic (exact) mass is 244 g/mol. The highest BCUT2D eigenvalue weighted by molar-refractivity contribution is 5.89. The number of urea groups is 1. The second-order valence-corrected chi connectivity index (χ2v) is 3.49. The summed E-state index contributed by atoms with van der Waals surface area (Å²) >= 11 is 0. The van der Waals surface area contributed by atoms with Gasteiger partial charge in [0.15, 0.2) is 11.6 Å². The second kappa shape index (κ2) is 6.15. The predicted molar refractivity (Wildman–Crippen MR) is 59.7 cm³/mol. The number of hydrogen-bond acceptors (Lipinski definition) is 2. The molecule has 94 valence electrons. The lowest BCUT2D eigenvalue weighted by atomic mass is 10.2. The van der Waals surface area contributed by atoms with Crippen molar-refractivity contribution in [2.24, 2.45) is 0 Å². The maximum absolute atomic E-state index is 13.2. The average Bonchev–Trinajstić information content (AvgIpc) is 2.32. The molecule has 0 saturated carbocycles. The highest BCUT2D eigenvalue weighted by Crippen LogP contribution is 2.16. The van der Waals surface area contributed by atoms with Crippen LogP contribution in [-0.4, -0.2) is 23.8 Å². The summed E-state index contributed by atoms with van der Waals surface area (Å²) in [7, 11) is 0. The number of aliphatic hydroxyl groups is 1. The first-order valence-corrected chi connectivity index (χ1v) is 5.20. The molecule has 2 amide bonds. The van der Waals surface area contributed by atoms with Gasteiger partial charge in [0, 0.05) is 0 Å². The molecule has 0 spiro atoms. The van der Waals surface area contributed by atoms with Crippen LogP contribution in [0.2, 0.25) is 0 Å². The number of benzene rings is 1. The van der Waals surface area contributed by atoms with Gasteiger partial charge in [0.25, 0.3) is 0 Å². The summed E-state index contributed by atoms with van der Waals surface area (Å²) in [5.74, 6) is -2.14. The van der Waals surface area contributed by atoms with E-state index in [-0.39, 0.29) is 12.3 Å². The van der Waals surface area contributed by atoms with Crippen LogP contribution >= 0.6 is 0 Å². The number of amides is 2. The lowest BCUT2D eigenvalue weighted by Gasteiger charge is -2.15. The summed E-state index contributed by atoms with van der Waals surface area (Å²) in [6, 6.07) is 2.40. The van der Waals surface area contributed by atoms with Crippen molar-refractivity contribution >= 4 is 11.7 Å². The van der Waals surface area contributed by atoms with E-state index in [2.05, 4.69) is 10.6 Å². The molecule has 0 fully saturated rings. The Labute approximate surface area is 97.6 Å². The third kappa shape index (κ3) is 3.67. The molecule has 1 aromatic rings. The normalized spacial score (nSPS) is 12.0. The molecular weight excluding hydrogens is 230 g/mol. The van der Waals surface area contributed by atoms with E-state index in [9.17, 15) is 13.6 Å². The van der Waals surface area contributed by atoms with E-state index in [1.54, 1.807) is 6.92 Å². The maximum Gasteiger partial charge on any atom is 0.319 e. The Kier molecular flexibility index (Phi) is 4.84. The Morgan fingerprint density at radius 2 is 2.18 bits per heavy atom. The maximum atomic E-state index is 13.2. The third-order valence-electron chi connectivity index (χ3n) is 2.25. The molecular formula is C11H14F2N2O2. The molecule has 1 unspecified atom stereocenters. The molecule has 3 N–H and O–H groups in total. The molecule has 1 aromatic carbocycles. The third-order valence-corrected chi connectivity index (χ3v) is 2.25. The fraction of sp³-hybridized carbons (Fsp3) is 0.364. The van der Waals surface area contributed by atoms with E-state index in [0.717, 1.165) is 6.07 Å². The first-order valence-electron chi connectivity index (χ1n) is 5.20. The van der Waals surface area contributed by atoms with Gasteiger partial charge in [-0.1, -0.05) is 13.0 Å². The minimum absolute atomic E-state index is 0.213. The molecule has 4 nitrogen and oxygen atoms in total. The fourth-order valence-corrected chi connectivity index (χ4v) is 1.22. The number of aliphatic hydroxyl groups excluding tert-OH is 1. The lowest BCUT2D eigenvalue weighted by molar-refractivity contribution is 0.222. The molecule has 17 heavy (non-hydrogen) atoms. The van der Waals surface area contributed by atoms with Crippen molar-refractivity contribution in [1.82, 2.24) is 5.32 Å². The highest BCUT2D eigenvalue weighted by Gasteiger charge is 2.12. The number of carbonyl (C=O) groups excluding carboxylic acids is 1. The molecule has 0 aliphatic carbocycles. The Bertz CT molecular complexity index is 395. The van der Waals surface area contributed by atoms with Crippen molar-refractivity contribution in [3.63, 3.8) is 0 Å². The van der Waals surface area contributed by atoms with Crippen LogP contribution in [0.5, 0.6) is 0 Å². The van der Waals surface area contributed by atoms with Gasteiger partial charge in [-0.3, -0.25) is 0 Å². The Morgan fingerprint density at radius 3 is 2.76 bits per heavy atom. The zero-order chi connectivity index (χ0) is 12.8. The highest BCUT2D eigenvalue weighted by atomic mass is 19.2. The van der Waals surface area contributed by atoms with Crippen LogP contribution in [0.15, 0.2) is 18.2 Å². The molecule has 0 saturated heterocycles. The Hall–Kier alpha value is -1.69. The van der Waals surface area contributed by atoms with Crippen LogP contribution in [0.3, 0.4) is 0 Å². The zero-order valence-corrected chi connectivity index (χ0v) is 9.34. The number of halogens is 2. The summed E-state index contributed by atoms with van der Waals surface area (Å²) in [6.07, 6.45) is 0.537. The van der Waals surface area contributed by atoms with Gasteiger partial charge in [-0.05, 0) is 18.6 Å². The van der Waals surface area contributed by atoms with Gasteiger partial charge >= 0.3 is 6.03 Å². The average molecular weight is 244 g/mol. The molecule has 0 heterocycles. The van der Waals surface area contributed by atoms with Crippen LogP contribution in [0.1, 0.15) is 13.3 Å². The zero-order valence-electron chi connectivity index (χ0n) is 9.34. The number of hydrogen-bond donors (Lipinski definition) is 3. The molecule has 6 heteroatoms. The standard InChI is InChI=1S/C11H14F2N2O2/c1-2-7(6-16)14-11(17)15-9-5-3-4-8(12)10(9)13/h3-5,7,16H,2,6H2,1H3,(H2,14,15,17). The minimum atomic E-state index is -1.11. The molecule has 0 aliphatic rings. The number of carbonyl (C=O) groups is 1. The van der Waals surface area contributed by atoms with E-state index in [0.29, 0.717) is 6.42 Å². The second-order valence-electron chi connectivity index (χ2n) is 3.49. The van der Waals surface area contributed by atoms with E-state index >= 15 is 0 Å². The smallest absolute Gasteiger partial charge is 0.319 e. The molecule has 0 aromatic heterocycles. The van der Waals surface area contributed by atoms with E-state index in [1.807, 2.05) is 0 Å². The van der Waals surface area contributed by atoms with Crippen LogP contribution in [0.25, 0.3) is 0 Å². The van der Waals surface area contributed by atoms with Gasteiger partial charge in [-0.25, -0.2) is 13.6 Å². The van der Waals surface area contributed by atoms with Crippen LogP contribution in [-0.2, 0) is 0 Å². The van der Waals surface area contributed by atoms with Gasteiger partial charge in [-0.2, -0.15) is 0 Å². The lowest BCUT2D eigenvalue weighted by Crippen LogP contribution is -2.39. The largest absolute Gasteiger partial charge is 0.394 e. The Morgan fingerprint density at radius 1 is 1.47 bits per heavy atom. The van der Waals surface area contributed by atoms with E-state index < -0.39 is 23.7 Å². The van der Waals surface area contributed by atoms with Gasteiger partial charge in [0.2, 0.25) is 0 Å². The summed E-state index contributed by atoms with van der Waals surface area (Å²) in [6.45, 7) is 1.57. The first kappa shape index (κ1) is 13.4. The van der Waals surface area contributed by atoms with Crippen molar-refractivity contribution in [2.75, 3.05) is 11.9 Å². The minimum Gasteiger partial charge on any atom is -0.394 e. The quantitative estimate of drug-likeness (QED) is 0.757. The summed E-state index contributed by atoms with van der Waals surface area (Å²) in [4.78, 5) is 11.4. The SMILES string of the molecule is CCC(CO)NC(=O)Nc1cccc(F)c1F. The van der Waals surface area contributed by atoms with Gasteiger partial charge < -0.3 is 15.7 Å². The van der Waals surface area contributed by atoms with Gasteiger partial charge in [0.05, 0.1) is 18.3 Å². The first-order chi connectivity index (χ1) is 8.08. The predicted octanol–water partition coefficient (Wildman–Crippen LogP) is 1.86. The van der Waals surface area contributed by atoms with Crippen molar-refractivity contribution in [3.8, 4) is 0 Å². The molecule has 0 aliphatic heterocycles. The summed E-state index contributed by atoms with van der Waals surface area (Å²) in [5.41, 5.74) is -0.240. The van der Waals surface area contributed by atoms with Crippen LogP contribution in [0, 0.1) is 11.6 Å². The topological polar surface area (TPSA) is 61.4 Å². The number of anilines is 1. The van der Waals surface area contributed by atoms with E-state index in [4.69, 9.17) is 5.11 Å². The van der Waals surface area contributed by atoms with Crippen molar-refractivity contribution < 1.29 is 18.7 Å². The molecule has 0 radical (unpaired) electrons. The van der Waals surface area contributed by atoms with Crippen molar-refractivity contribution in [3.05, 3.63) is 29.8 Å². The Balaban J connectivity index is 2.65.